The minimum absolute atomic E-state index is 0.0127. The lowest BCUT2D eigenvalue weighted by Gasteiger charge is -2.24. The summed E-state index contributed by atoms with van der Waals surface area (Å²) < 4.78 is 11.9. The van der Waals surface area contributed by atoms with Gasteiger partial charge in [-0.05, 0) is 110 Å². The molecule has 1 N–H and O–H groups in total. The summed E-state index contributed by atoms with van der Waals surface area (Å²) in [7, 11) is 1.70. The molecule has 0 aromatic heterocycles. The predicted molar refractivity (Wildman–Crippen MR) is 278 cm³/mol. The Morgan fingerprint density at radius 1 is 0.591 bits per heavy atom. The van der Waals surface area contributed by atoms with Crippen molar-refractivity contribution in [3.8, 4) is 0 Å². The molecule has 0 saturated heterocycles. The molecular weight excluding hydrogens is 846 g/mol. The van der Waals surface area contributed by atoms with Crippen LogP contribution in [0.2, 0.25) is 0 Å². The van der Waals surface area contributed by atoms with Crippen LogP contribution in [-0.4, -0.2) is 85.4 Å². The number of hydrogen-bond acceptors (Lipinski definition) is 8. The zero-order valence-corrected chi connectivity index (χ0v) is 44.5. The SMILES string of the molecule is CCCCCCCCC(CC)OC(=O)CCCCCCCN(CCCCCCCC(=O)OC(CCCCCCCC)CCCCCCCC)CCCN/C1=C(\Cl)C(=O)N(C)C/C(C)=C/C1=O. The van der Waals surface area contributed by atoms with Gasteiger partial charge in [-0.1, -0.05) is 180 Å². The number of nitrogens with zero attached hydrogens (tertiary/aromatic N) is 2. The molecule has 1 atom stereocenters. The van der Waals surface area contributed by atoms with E-state index < -0.39 is 0 Å². The van der Waals surface area contributed by atoms with Crippen LogP contribution in [0.4, 0.5) is 0 Å². The molecule has 10 heteroatoms. The van der Waals surface area contributed by atoms with E-state index in [1.165, 1.54) is 101 Å². The summed E-state index contributed by atoms with van der Waals surface area (Å²) >= 11 is 6.44. The average Bonchev–Trinajstić information content (AvgIpc) is 3.29. The zero-order chi connectivity index (χ0) is 48.5. The number of esters is 2. The standard InChI is InChI=1S/C56H102ClN3O6/c1-7-11-14-17-22-29-37-49(10-4)65-52(62)40-32-25-20-27-34-43-60(45-36-42-58-55-51(61)46-48(5)47-59(6)56(64)54(55)57)44-35-28-21-26-33-41-53(63)66-50(38-30-23-18-15-12-8-2)39-31-24-19-16-13-9-3/h46,49-50,58H,7-45,47H2,1-6H3/b48-46+,55-54-. The molecule has 0 bridgehead atoms. The maximum Gasteiger partial charge on any atom is 0.306 e. The lowest BCUT2D eigenvalue weighted by molar-refractivity contribution is -0.150. The highest BCUT2D eigenvalue weighted by Crippen LogP contribution is 2.20. The Morgan fingerprint density at radius 2 is 0.985 bits per heavy atom. The quantitative estimate of drug-likeness (QED) is 0.0475. The number of carbonyl (C=O) groups is 4. The van der Waals surface area contributed by atoms with Crippen molar-refractivity contribution in [3.05, 3.63) is 22.4 Å². The number of carbonyl (C=O) groups excluding carboxylic acids is 4. The van der Waals surface area contributed by atoms with Gasteiger partial charge in [-0.3, -0.25) is 19.2 Å². The highest BCUT2D eigenvalue weighted by molar-refractivity contribution is 6.44. The van der Waals surface area contributed by atoms with E-state index in [0.717, 1.165) is 141 Å². The summed E-state index contributed by atoms with van der Waals surface area (Å²) in [6.07, 6.45) is 40.6. The molecule has 0 aromatic rings. The van der Waals surface area contributed by atoms with Crippen molar-refractivity contribution in [2.24, 2.45) is 0 Å². The van der Waals surface area contributed by atoms with Crippen LogP contribution in [0.1, 0.15) is 259 Å². The first kappa shape index (κ1) is 61.6. The molecule has 66 heavy (non-hydrogen) atoms. The summed E-state index contributed by atoms with van der Waals surface area (Å²) in [5, 5.41) is 3.15. The topological polar surface area (TPSA) is 105 Å². The van der Waals surface area contributed by atoms with Crippen LogP contribution >= 0.6 is 11.6 Å². The normalized spacial score (nSPS) is 15.8. The monoisotopic (exact) mass is 948 g/mol. The first-order valence-corrected chi connectivity index (χ1v) is 28.2. The summed E-state index contributed by atoms with van der Waals surface area (Å²) in [5.41, 5.74) is 1.00. The van der Waals surface area contributed by atoms with Gasteiger partial charge in [0, 0.05) is 33.0 Å². The molecule has 384 valence electrons. The third-order valence-corrected chi connectivity index (χ3v) is 13.6. The molecule has 1 amide bonds. The van der Waals surface area contributed by atoms with Gasteiger partial charge in [-0.25, -0.2) is 0 Å². The van der Waals surface area contributed by atoms with E-state index in [-0.39, 0.29) is 46.6 Å². The van der Waals surface area contributed by atoms with Crippen LogP contribution in [0.15, 0.2) is 22.4 Å². The third kappa shape index (κ3) is 33.2. The fourth-order valence-electron chi connectivity index (χ4n) is 9.01. The highest BCUT2D eigenvalue weighted by atomic mass is 35.5. The van der Waals surface area contributed by atoms with Crippen LogP contribution in [0.3, 0.4) is 0 Å². The molecule has 1 rings (SSSR count). The van der Waals surface area contributed by atoms with E-state index in [2.05, 4.69) is 37.9 Å². The van der Waals surface area contributed by atoms with Crippen LogP contribution in [0.5, 0.6) is 0 Å². The number of ketones is 1. The van der Waals surface area contributed by atoms with Crippen molar-refractivity contribution >= 4 is 35.2 Å². The van der Waals surface area contributed by atoms with Gasteiger partial charge in [-0.2, -0.15) is 0 Å². The Balaban J connectivity index is 2.57. The minimum atomic E-state index is -0.347. The van der Waals surface area contributed by atoms with Gasteiger partial charge in [0.2, 0.25) is 5.78 Å². The van der Waals surface area contributed by atoms with Crippen molar-refractivity contribution in [1.82, 2.24) is 15.1 Å². The molecule has 0 spiro atoms. The molecule has 1 heterocycles. The molecule has 1 aliphatic heterocycles. The Bertz CT molecular complexity index is 1300. The Labute approximate surface area is 411 Å². The van der Waals surface area contributed by atoms with Gasteiger partial charge in [0.25, 0.3) is 5.91 Å². The molecular formula is C56H102ClN3O6. The number of amides is 1. The number of rotatable bonds is 45. The number of ether oxygens (including phenoxy) is 2. The van der Waals surface area contributed by atoms with E-state index >= 15 is 0 Å². The van der Waals surface area contributed by atoms with Crippen LogP contribution < -0.4 is 5.32 Å². The summed E-state index contributed by atoms with van der Waals surface area (Å²) in [6.45, 7) is 14.5. The first-order valence-electron chi connectivity index (χ1n) is 27.8. The van der Waals surface area contributed by atoms with Gasteiger partial charge in [0.15, 0.2) is 0 Å². The first-order chi connectivity index (χ1) is 32.1. The number of likely N-dealkylation sites (N-methyl/N-ethyl adjacent to an activating group) is 1. The summed E-state index contributed by atoms with van der Waals surface area (Å²) in [4.78, 5) is 55.3. The van der Waals surface area contributed by atoms with E-state index in [9.17, 15) is 19.2 Å². The molecule has 0 aromatic carbocycles. The Hall–Kier alpha value is -2.39. The van der Waals surface area contributed by atoms with Crippen LogP contribution in [-0.2, 0) is 28.7 Å². The second-order valence-electron chi connectivity index (χ2n) is 19.7. The zero-order valence-electron chi connectivity index (χ0n) is 43.7. The van der Waals surface area contributed by atoms with E-state index in [1.54, 1.807) is 13.1 Å². The third-order valence-electron chi connectivity index (χ3n) is 13.2. The maximum absolute atomic E-state index is 13.0. The van der Waals surface area contributed by atoms with Crippen LogP contribution in [0.25, 0.3) is 0 Å². The van der Waals surface area contributed by atoms with Crippen molar-refractivity contribution in [2.75, 3.05) is 39.8 Å². The van der Waals surface area contributed by atoms with Gasteiger partial charge in [0.05, 0.1) is 0 Å². The van der Waals surface area contributed by atoms with E-state index in [0.29, 0.717) is 25.9 Å². The number of hydrogen-bond donors (Lipinski definition) is 1. The molecule has 1 unspecified atom stereocenters. The number of halogens is 1. The Kier molecular flexibility index (Phi) is 39.9. The number of unbranched alkanes of at least 4 members (excludes halogenated alkanes) is 23. The summed E-state index contributed by atoms with van der Waals surface area (Å²) in [6, 6.07) is 0. The van der Waals surface area contributed by atoms with Gasteiger partial charge < -0.3 is 24.6 Å². The maximum atomic E-state index is 13.0. The fourth-order valence-corrected chi connectivity index (χ4v) is 9.32. The van der Waals surface area contributed by atoms with Crippen molar-refractivity contribution in [3.63, 3.8) is 0 Å². The second kappa shape index (κ2) is 42.7. The van der Waals surface area contributed by atoms with E-state index in [4.69, 9.17) is 21.1 Å². The lowest BCUT2D eigenvalue weighted by atomic mass is 10.0. The second-order valence-corrected chi connectivity index (χ2v) is 20.0. The summed E-state index contributed by atoms with van der Waals surface area (Å²) in [5.74, 6) is -0.655. The lowest BCUT2D eigenvalue weighted by Crippen LogP contribution is -2.35. The van der Waals surface area contributed by atoms with Gasteiger partial charge in [0.1, 0.15) is 22.9 Å². The molecule has 0 fully saturated rings. The number of nitrogens with one attached hydrogen (secondary N) is 1. The largest absolute Gasteiger partial charge is 0.462 e. The smallest absolute Gasteiger partial charge is 0.306 e. The molecule has 1 aliphatic rings. The molecule has 0 saturated carbocycles. The predicted octanol–water partition coefficient (Wildman–Crippen LogP) is 14.9. The molecule has 0 aliphatic carbocycles. The van der Waals surface area contributed by atoms with Gasteiger partial charge >= 0.3 is 11.9 Å². The molecule has 9 nitrogen and oxygen atoms in total. The average molecular weight is 949 g/mol. The van der Waals surface area contributed by atoms with Crippen LogP contribution in [0, 0.1) is 0 Å². The molecule has 0 radical (unpaired) electrons. The van der Waals surface area contributed by atoms with Crippen molar-refractivity contribution < 1.29 is 28.7 Å². The van der Waals surface area contributed by atoms with Gasteiger partial charge in [-0.15, -0.1) is 0 Å². The van der Waals surface area contributed by atoms with Crippen molar-refractivity contribution in [2.45, 2.75) is 272 Å². The number of allylic oxidation sites excluding steroid dienone is 1. The van der Waals surface area contributed by atoms with Crippen molar-refractivity contribution in [1.29, 1.82) is 0 Å². The highest BCUT2D eigenvalue weighted by Gasteiger charge is 2.24. The Morgan fingerprint density at radius 3 is 1.45 bits per heavy atom. The fraction of sp³-hybridized carbons (Fsp3) is 0.857. The minimum Gasteiger partial charge on any atom is -0.462 e. The van der Waals surface area contributed by atoms with E-state index in [1.807, 2.05) is 6.92 Å².